The third kappa shape index (κ3) is 3.27. The van der Waals surface area contributed by atoms with E-state index in [9.17, 15) is 14.4 Å². The van der Waals surface area contributed by atoms with Crippen LogP contribution in [0.5, 0.6) is 0 Å². The van der Waals surface area contributed by atoms with Crippen LogP contribution in [0.3, 0.4) is 0 Å². The second-order valence-electron chi connectivity index (χ2n) is 9.22. The molecule has 5 atom stereocenters. The normalized spacial score (nSPS) is 31.4. The predicted octanol–water partition coefficient (Wildman–Crippen LogP) is 3.02. The number of carbonyl (C=O) groups excluding carboxylic acids is 3. The lowest BCUT2D eigenvalue weighted by atomic mass is 9.84. The van der Waals surface area contributed by atoms with Gasteiger partial charge in [-0.05, 0) is 75.0 Å². The molecule has 3 amide bonds. The quantitative estimate of drug-likeness (QED) is 0.777. The fraction of sp³-hybridized carbons (Fsp3) is 0.609. The Morgan fingerprint density at radius 3 is 2.69 bits per heavy atom. The highest BCUT2D eigenvalue weighted by molar-refractivity contribution is 6.22. The average Bonchev–Trinajstić information content (AvgIpc) is 3.51. The third-order valence-corrected chi connectivity index (χ3v) is 7.44. The molecule has 6 heteroatoms. The number of fused-ring (bicyclic) bond motifs is 3. The van der Waals surface area contributed by atoms with Crippen molar-refractivity contribution in [3.8, 4) is 0 Å². The summed E-state index contributed by atoms with van der Waals surface area (Å²) in [5, 5.41) is 3.14. The van der Waals surface area contributed by atoms with E-state index in [1.165, 1.54) is 30.6 Å². The summed E-state index contributed by atoms with van der Waals surface area (Å²) in [5.74, 6) is 1.35. The molecular formula is C23H28N2O4. The molecule has 1 aromatic carbocycles. The second kappa shape index (κ2) is 7.24. The summed E-state index contributed by atoms with van der Waals surface area (Å²) >= 11 is 0. The van der Waals surface area contributed by atoms with Gasteiger partial charge in [0, 0.05) is 18.2 Å². The lowest BCUT2D eigenvalue weighted by Crippen LogP contribution is -2.40. The van der Waals surface area contributed by atoms with Gasteiger partial charge in [-0.3, -0.25) is 19.3 Å². The molecular weight excluding hydrogens is 368 g/mol. The maximum atomic E-state index is 12.8. The molecule has 29 heavy (non-hydrogen) atoms. The van der Waals surface area contributed by atoms with Gasteiger partial charge in [-0.25, -0.2) is 0 Å². The Hall–Kier alpha value is -2.21. The molecule has 5 rings (SSSR count). The van der Waals surface area contributed by atoms with Crippen molar-refractivity contribution >= 4 is 17.7 Å². The van der Waals surface area contributed by atoms with E-state index < -0.39 is 0 Å². The zero-order valence-electron chi connectivity index (χ0n) is 16.9. The molecule has 0 radical (unpaired) electrons. The number of carbonyl (C=O) groups is 3. The first-order valence-electron chi connectivity index (χ1n) is 10.9. The van der Waals surface area contributed by atoms with Crippen molar-refractivity contribution in [2.24, 2.45) is 17.8 Å². The molecule has 1 aromatic rings. The Morgan fingerprint density at radius 2 is 2.00 bits per heavy atom. The summed E-state index contributed by atoms with van der Waals surface area (Å²) in [6, 6.07) is 4.97. The number of rotatable bonds is 5. The van der Waals surface area contributed by atoms with Crippen LogP contribution in [0, 0.1) is 17.8 Å². The smallest absolute Gasteiger partial charge is 0.261 e. The number of hydrogen-bond donors (Lipinski definition) is 1. The first kappa shape index (κ1) is 18.8. The molecule has 6 nitrogen and oxygen atoms in total. The molecule has 0 spiro atoms. The molecule has 154 valence electrons. The fourth-order valence-electron chi connectivity index (χ4n) is 5.89. The molecule has 2 aliphatic heterocycles. The number of hydrogen-bond acceptors (Lipinski definition) is 4. The average molecular weight is 396 g/mol. The van der Waals surface area contributed by atoms with E-state index in [1.54, 1.807) is 18.2 Å². The molecule has 3 fully saturated rings. The van der Waals surface area contributed by atoms with Gasteiger partial charge in [-0.1, -0.05) is 6.42 Å². The highest BCUT2D eigenvalue weighted by atomic mass is 16.5. The summed E-state index contributed by atoms with van der Waals surface area (Å²) in [6.07, 6.45) is 6.88. The Kier molecular flexibility index (Phi) is 4.69. The van der Waals surface area contributed by atoms with Crippen LogP contribution in [-0.4, -0.2) is 47.9 Å². The van der Waals surface area contributed by atoms with Crippen molar-refractivity contribution in [1.82, 2.24) is 10.2 Å². The molecule has 1 saturated heterocycles. The van der Waals surface area contributed by atoms with E-state index in [-0.39, 0.29) is 36.4 Å². The minimum Gasteiger partial charge on any atom is -0.376 e. The highest BCUT2D eigenvalue weighted by Crippen LogP contribution is 2.49. The van der Waals surface area contributed by atoms with Crippen LogP contribution in [-0.2, 0) is 4.74 Å². The molecule has 2 saturated carbocycles. The van der Waals surface area contributed by atoms with E-state index in [2.05, 4.69) is 12.2 Å². The van der Waals surface area contributed by atoms with Gasteiger partial charge in [0.1, 0.15) is 0 Å². The van der Waals surface area contributed by atoms with E-state index in [0.717, 1.165) is 24.7 Å². The minimum absolute atomic E-state index is 0.0809. The van der Waals surface area contributed by atoms with E-state index in [1.807, 2.05) is 0 Å². The summed E-state index contributed by atoms with van der Waals surface area (Å²) in [7, 11) is 0. The first-order chi connectivity index (χ1) is 14.0. The van der Waals surface area contributed by atoms with Crippen LogP contribution >= 0.6 is 0 Å². The number of ether oxygens (including phenoxy) is 1. The maximum absolute atomic E-state index is 12.8. The van der Waals surface area contributed by atoms with Gasteiger partial charge in [0.2, 0.25) is 0 Å². The van der Waals surface area contributed by atoms with Crippen molar-refractivity contribution in [1.29, 1.82) is 0 Å². The monoisotopic (exact) mass is 396 g/mol. The lowest BCUT2D eigenvalue weighted by Gasteiger charge is -2.28. The van der Waals surface area contributed by atoms with Gasteiger partial charge in [0.15, 0.2) is 0 Å². The zero-order valence-corrected chi connectivity index (χ0v) is 16.9. The Morgan fingerprint density at radius 1 is 1.17 bits per heavy atom. The molecule has 2 heterocycles. The lowest BCUT2D eigenvalue weighted by molar-refractivity contribution is 0.0475. The summed E-state index contributed by atoms with van der Waals surface area (Å²) < 4.78 is 5.58. The topological polar surface area (TPSA) is 75.7 Å². The van der Waals surface area contributed by atoms with Crippen molar-refractivity contribution < 1.29 is 19.1 Å². The third-order valence-electron chi connectivity index (χ3n) is 7.44. The van der Waals surface area contributed by atoms with Gasteiger partial charge < -0.3 is 10.1 Å². The van der Waals surface area contributed by atoms with Crippen LogP contribution in [0.25, 0.3) is 0 Å². The van der Waals surface area contributed by atoms with Crippen molar-refractivity contribution in [3.63, 3.8) is 0 Å². The Bertz CT molecular complexity index is 860. The maximum Gasteiger partial charge on any atom is 0.261 e. The van der Waals surface area contributed by atoms with Gasteiger partial charge in [0.25, 0.3) is 17.7 Å². The number of benzene rings is 1. The number of amides is 3. The molecule has 1 N–H and O–H groups in total. The number of imide groups is 1. The van der Waals surface area contributed by atoms with Gasteiger partial charge in [-0.15, -0.1) is 0 Å². The molecule has 2 aliphatic carbocycles. The predicted molar refractivity (Wildman–Crippen MR) is 107 cm³/mol. The highest BCUT2D eigenvalue weighted by Gasteiger charge is 2.42. The Labute approximate surface area is 171 Å². The van der Waals surface area contributed by atoms with Gasteiger partial charge in [-0.2, -0.15) is 0 Å². The van der Waals surface area contributed by atoms with Gasteiger partial charge in [0.05, 0.1) is 23.8 Å². The van der Waals surface area contributed by atoms with Crippen LogP contribution in [0.1, 0.15) is 76.5 Å². The summed E-state index contributed by atoms with van der Waals surface area (Å²) in [4.78, 5) is 39.5. The minimum atomic E-state index is -0.323. The van der Waals surface area contributed by atoms with Crippen molar-refractivity contribution in [2.45, 2.75) is 57.6 Å². The number of nitrogens with one attached hydrogen (secondary N) is 1. The van der Waals surface area contributed by atoms with Crippen LogP contribution in [0.15, 0.2) is 18.2 Å². The summed E-state index contributed by atoms with van der Waals surface area (Å²) in [6.45, 7) is 3.06. The second-order valence-corrected chi connectivity index (χ2v) is 9.22. The van der Waals surface area contributed by atoms with Crippen LogP contribution < -0.4 is 5.32 Å². The molecule has 0 unspecified atom stereocenters. The zero-order chi connectivity index (χ0) is 20.1. The summed E-state index contributed by atoms with van der Waals surface area (Å²) in [5.41, 5.74) is 1.15. The fourth-order valence-corrected chi connectivity index (χ4v) is 5.89. The molecule has 4 aliphatic rings. The van der Waals surface area contributed by atoms with E-state index in [0.29, 0.717) is 29.2 Å². The SMILES string of the molecule is C[C@H](NC(=O)c1ccc2c(c1)C(=O)N(C[C@H]1CCCO1)C2=O)[C@H]1C[C@H]2CC[C@H]1C2. The largest absolute Gasteiger partial charge is 0.376 e. The van der Waals surface area contributed by atoms with Crippen LogP contribution in [0.4, 0.5) is 0 Å². The van der Waals surface area contributed by atoms with E-state index in [4.69, 9.17) is 4.74 Å². The molecule has 0 aromatic heterocycles. The van der Waals surface area contributed by atoms with E-state index >= 15 is 0 Å². The Balaban J connectivity index is 1.28. The standard InChI is InChI=1S/C23H28N2O4/c1-13(19-10-14-4-5-15(19)9-14)24-21(26)16-6-7-18-20(11-16)23(28)25(22(18)27)12-17-3-2-8-29-17/h6-7,11,13-15,17,19H,2-5,8-10,12H2,1H3,(H,24,26)/t13-,14-,15-,17+,19+/m0/s1. The van der Waals surface area contributed by atoms with Crippen molar-refractivity contribution in [3.05, 3.63) is 34.9 Å². The molecule has 2 bridgehead atoms. The first-order valence-corrected chi connectivity index (χ1v) is 10.9. The van der Waals surface area contributed by atoms with Crippen LogP contribution in [0.2, 0.25) is 0 Å². The van der Waals surface area contributed by atoms with Crippen molar-refractivity contribution in [2.75, 3.05) is 13.2 Å². The number of nitrogens with zero attached hydrogens (tertiary/aromatic N) is 1. The van der Waals surface area contributed by atoms with Gasteiger partial charge >= 0.3 is 0 Å².